The maximum atomic E-state index is 5.10. The lowest BCUT2D eigenvalue weighted by atomic mass is 10.0. The second-order valence-electron chi connectivity index (χ2n) is 8.12. The fourth-order valence-corrected chi connectivity index (χ4v) is 5.10. The molecule has 2 aromatic heterocycles. The van der Waals surface area contributed by atoms with Crippen LogP contribution >= 0.6 is 0 Å². The van der Waals surface area contributed by atoms with Gasteiger partial charge in [-0.25, -0.2) is 9.97 Å². The second kappa shape index (κ2) is 6.79. The number of hydrogen-bond acceptors (Lipinski definition) is 3. The molecule has 5 nitrogen and oxygen atoms in total. The largest absolute Gasteiger partial charge is 0.334 e. The number of nitrogens with zero attached hydrogens (tertiary/aromatic N) is 5. The number of rotatable bonds is 4. The van der Waals surface area contributed by atoms with Crippen molar-refractivity contribution in [2.75, 3.05) is 13.1 Å². The standard InChI is InChI=1S/C22H29N5/c1-16-23-18-9-4-6-11-20(18)27(16)15-14-26-13-7-12-21(26)22-24-17-8-3-5-10-19(17)25(22)2/h4,6,9,11,21H,3,5,7-8,10,12-15H2,1-2H3. The first-order valence-electron chi connectivity index (χ1n) is 10.4. The minimum absolute atomic E-state index is 0.468. The molecule has 5 heteroatoms. The van der Waals surface area contributed by atoms with Crippen LogP contribution in [0.1, 0.15) is 54.8 Å². The molecule has 1 aromatic carbocycles. The molecule has 1 atom stereocenters. The zero-order valence-electron chi connectivity index (χ0n) is 16.5. The van der Waals surface area contributed by atoms with Crippen LogP contribution in [0.25, 0.3) is 11.0 Å². The molecule has 0 radical (unpaired) electrons. The van der Waals surface area contributed by atoms with E-state index in [-0.39, 0.29) is 0 Å². The van der Waals surface area contributed by atoms with E-state index in [4.69, 9.17) is 9.97 Å². The highest BCUT2D eigenvalue weighted by atomic mass is 15.2. The summed E-state index contributed by atoms with van der Waals surface area (Å²) in [5.74, 6) is 2.41. The third kappa shape index (κ3) is 2.89. The van der Waals surface area contributed by atoms with E-state index in [0.29, 0.717) is 6.04 Å². The van der Waals surface area contributed by atoms with Crippen molar-refractivity contribution in [1.29, 1.82) is 0 Å². The smallest absolute Gasteiger partial charge is 0.126 e. The fraction of sp³-hybridized carbons (Fsp3) is 0.545. The van der Waals surface area contributed by atoms with Gasteiger partial charge in [-0.05, 0) is 64.1 Å². The lowest BCUT2D eigenvalue weighted by Gasteiger charge is -2.25. The molecule has 3 heterocycles. The molecule has 142 valence electrons. The first-order valence-corrected chi connectivity index (χ1v) is 10.4. The first kappa shape index (κ1) is 17.0. The number of aryl methyl sites for hydroxylation is 2. The summed E-state index contributed by atoms with van der Waals surface area (Å²) >= 11 is 0. The average molecular weight is 364 g/mol. The van der Waals surface area contributed by atoms with Gasteiger partial charge in [0.1, 0.15) is 11.6 Å². The van der Waals surface area contributed by atoms with E-state index < -0.39 is 0 Å². The van der Waals surface area contributed by atoms with Crippen LogP contribution in [0.2, 0.25) is 0 Å². The summed E-state index contributed by atoms with van der Waals surface area (Å²) in [5, 5.41) is 0. The third-order valence-electron chi connectivity index (χ3n) is 6.53. The molecule has 0 N–H and O–H groups in total. The van der Waals surface area contributed by atoms with E-state index in [1.165, 1.54) is 61.4 Å². The summed E-state index contributed by atoms with van der Waals surface area (Å²) in [7, 11) is 2.23. The number of para-hydroxylation sites is 2. The zero-order chi connectivity index (χ0) is 18.4. The summed E-state index contributed by atoms with van der Waals surface area (Å²) in [6, 6.07) is 8.94. The van der Waals surface area contributed by atoms with Crippen molar-refractivity contribution in [3.05, 3.63) is 47.3 Å². The minimum Gasteiger partial charge on any atom is -0.334 e. The minimum atomic E-state index is 0.468. The Morgan fingerprint density at radius 1 is 1.04 bits per heavy atom. The van der Waals surface area contributed by atoms with E-state index in [0.717, 1.165) is 30.9 Å². The van der Waals surface area contributed by atoms with E-state index >= 15 is 0 Å². The molecular weight excluding hydrogens is 334 g/mol. The van der Waals surface area contributed by atoms with Crippen molar-refractivity contribution in [3.8, 4) is 0 Å². The summed E-state index contributed by atoms with van der Waals surface area (Å²) in [5.41, 5.74) is 5.20. The summed E-state index contributed by atoms with van der Waals surface area (Å²) in [6.45, 7) is 5.35. The van der Waals surface area contributed by atoms with Gasteiger partial charge in [0, 0.05) is 25.8 Å². The van der Waals surface area contributed by atoms with Crippen LogP contribution < -0.4 is 0 Å². The molecule has 0 bridgehead atoms. The highest BCUT2D eigenvalue weighted by molar-refractivity contribution is 5.75. The summed E-state index contributed by atoms with van der Waals surface area (Å²) in [6.07, 6.45) is 7.47. The highest BCUT2D eigenvalue weighted by Crippen LogP contribution is 2.33. The van der Waals surface area contributed by atoms with Gasteiger partial charge in [-0.3, -0.25) is 4.90 Å². The van der Waals surface area contributed by atoms with E-state index in [9.17, 15) is 0 Å². The Bertz CT molecular complexity index is 967. The second-order valence-corrected chi connectivity index (χ2v) is 8.12. The maximum Gasteiger partial charge on any atom is 0.126 e. The Morgan fingerprint density at radius 3 is 2.78 bits per heavy atom. The van der Waals surface area contributed by atoms with Gasteiger partial charge in [0.15, 0.2) is 0 Å². The lowest BCUT2D eigenvalue weighted by Crippen LogP contribution is -2.29. The molecule has 5 rings (SSSR count). The van der Waals surface area contributed by atoms with Gasteiger partial charge < -0.3 is 9.13 Å². The van der Waals surface area contributed by atoms with Crippen LogP contribution in [-0.4, -0.2) is 37.1 Å². The monoisotopic (exact) mass is 363 g/mol. The molecule has 2 aliphatic rings. The Hall–Kier alpha value is -2.14. The van der Waals surface area contributed by atoms with Crippen molar-refractivity contribution >= 4 is 11.0 Å². The van der Waals surface area contributed by atoms with Crippen LogP contribution in [0.3, 0.4) is 0 Å². The van der Waals surface area contributed by atoms with E-state index in [1.807, 2.05) is 0 Å². The lowest BCUT2D eigenvalue weighted by molar-refractivity contribution is 0.235. The first-order chi connectivity index (χ1) is 13.2. The fourth-order valence-electron chi connectivity index (χ4n) is 5.10. The number of likely N-dealkylation sites (tertiary alicyclic amines) is 1. The Balaban J connectivity index is 1.37. The molecule has 1 aliphatic carbocycles. The Kier molecular flexibility index (Phi) is 4.27. The quantitative estimate of drug-likeness (QED) is 0.708. The van der Waals surface area contributed by atoms with Gasteiger partial charge in [0.25, 0.3) is 0 Å². The molecule has 27 heavy (non-hydrogen) atoms. The topological polar surface area (TPSA) is 38.9 Å². The Morgan fingerprint density at radius 2 is 1.89 bits per heavy atom. The summed E-state index contributed by atoms with van der Waals surface area (Å²) < 4.78 is 4.78. The van der Waals surface area contributed by atoms with Crippen molar-refractivity contribution < 1.29 is 0 Å². The van der Waals surface area contributed by atoms with Gasteiger partial charge in [0.05, 0.1) is 22.8 Å². The highest BCUT2D eigenvalue weighted by Gasteiger charge is 2.31. The van der Waals surface area contributed by atoms with Crippen LogP contribution in [-0.2, 0) is 26.4 Å². The SMILES string of the molecule is Cc1nc2ccccc2n1CCN1CCCC1c1nc2c(n1C)CCCC2. The van der Waals surface area contributed by atoms with E-state index in [2.05, 4.69) is 52.3 Å². The number of fused-ring (bicyclic) bond motifs is 2. The summed E-state index contributed by atoms with van der Waals surface area (Å²) in [4.78, 5) is 12.5. The van der Waals surface area contributed by atoms with E-state index in [1.54, 1.807) is 0 Å². The number of imidazole rings is 2. The van der Waals surface area contributed by atoms with Gasteiger partial charge in [-0.15, -0.1) is 0 Å². The van der Waals surface area contributed by atoms with Crippen LogP contribution in [0, 0.1) is 6.92 Å². The average Bonchev–Trinajstić information content (AvgIpc) is 3.36. The molecule has 0 amide bonds. The van der Waals surface area contributed by atoms with Gasteiger partial charge >= 0.3 is 0 Å². The number of hydrogen-bond donors (Lipinski definition) is 0. The molecular formula is C22H29N5. The van der Waals surface area contributed by atoms with Crippen molar-refractivity contribution in [2.45, 2.75) is 58.0 Å². The van der Waals surface area contributed by atoms with Crippen molar-refractivity contribution in [2.24, 2.45) is 7.05 Å². The molecule has 1 unspecified atom stereocenters. The molecule has 1 fully saturated rings. The van der Waals surface area contributed by atoms with Crippen LogP contribution in [0.5, 0.6) is 0 Å². The van der Waals surface area contributed by atoms with Gasteiger partial charge in [-0.2, -0.15) is 0 Å². The normalized spacial score (nSPS) is 20.4. The molecule has 0 saturated carbocycles. The molecule has 3 aromatic rings. The molecule has 0 spiro atoms. The van der Waals surface area contributed by atoms with Crippen molar-refractivity contribution in [1.82, 2.24) is 24.0 Å². The number of aromatic nitrogens is 4. The molecule has 1 saturated heterocycles. The zero-order valence-corrected chi connectivity index (χ0v) is 16.5. The predicted octanol–water partition coefficient (Wildman–Crippen LogP) is 3.79. The van der Waals surface area contributed by atoms with Gasteiger partial charge in [-0.1, -0.05) is 12.1 Å². The van der Waals surface area contributed by atoms with Crippen LogP contribution in [0.15, 0.2) is 24.3 Å². The predicted molar refractivity (Wildman–Crippen MR) is 108 cm³/mol. The third-order valence-corrected chi connectivity index (χ3v) is 6.53. The maximum absolute atomic E-state index is 5.10. The van der Waals surface area contributed by atoms with Crippen molar-refractivity contribution in [3.63, 3.8) is 0 Å². The molecule has 1 aliphatic heterocycles. The van der Waals surface area contributed by atoms with Gasteiger partial charge in [0.2, 0.25) is 0 Å². The van der Waals surface area contributed by atoms with Crippen LogP contribution in [0.4, 0.5) is 0 Å². The number of benzene rings is 1. The Labute approximate surface area is 161 Å².